The molecule has 0 spiro atoms. The van der Waals surface area contributed by atoms with Crippen LogP contribution < -0.4 is 15.2 Å². The van der Waals surface area contributed by atoms with Gasteiger partial charge in [0.1, 0.15) is 0 Å². The van der Waals surface area contributed by atoms with Gasteiger partial charge in [-0.3, -0.25) is 4.90 Å². The lowest BCUT2D eigenvalue weighted by Gasteiger charge is -2.36. The molecule has 4 nitrogen and oxygen atoms in total. The van der Waals surface area contributed by atoms with E-state index in [2.05, 4.69) is 24.8 Å². The van der Waals surface area contributed by atoms with Gasteiger partial charge in [-0.1, -0.05) is 19.1 Å². The lowest BCUT2D eigenvalue weighted by Crippen LogP contribution is -2.41. The van der Waals surface area contributed by atoms with E-state index in [4.69, 9.17) is 15.2 Å². The van der Waals surface area contributed by atoms with Gasteiger partial charge >= 0.3 is 0 Å². The summed E-state index contributed by atoms with van der Waals surface area (Å²) >= 11 is 0. The third-order valence-corrected chi connectivity index (χ3v) is 4.70. The van der Waals surface area contributed by atoms with Crippen molar-refractivity contribution in [3.63, 3.8) is 0 Å². The monoisotopic (exact) mass is 292 g/mol. The van der Waals surface area contributed by atoms with E-state index in [9.17, 15) is 0 Å². The van der Waals surface area contributed by atoms with Gasteiger partial charge < -0.3 is 15.2 Å². The highest BCUT2D eigenvalue weighted by Gasteiger charge is 2.36. The second-order valence-corrected chi connectivity index (χ2v) is 5.77. The number of hydrogen-bond donors (Lipinski definition) is 1. The fourth-order valence-electron chi connectivity index (χ4n) is 3.65. The molecule has 0 saturated carbocycles. The number of likely N-dealkylation sites (tertiary alicyclic amines) is 1. The maximum atomic E-state index is 6.14. The van der Waals surface area contributed by atoms with Gasteiger partial charge in [-0.25, -0.2) is 0 Å². The van der Waals surface area contributed by atoms with Crippen molar-refractivity contribution in [2.75, 3.05) is 20.8 Å². The Morgan fingerprint density at radius 1 is 1.29 bits per heavy atom. The van der Waals surface area contributed by atoms with E-state index in [0.29, 0.717) is 18.6 Å². The zero-order valence-electron chi connectivity index (χ0n) is 13.6. The van der Waals surface area contributed by atoms with Gasteiger partial charge in [0.25, 0.3) is 0 Å². The molecule has 118 valence electrons. The van der Waals surface area contributed by atoms with Gasteiger partial charge in [0.15, 0.2) is 11.5 Å². The maximum absolute atomic E-state index is 6.14. The van der Waals surface area contributed by atoms with Crippen LogP contribution in [0.15, 0.2) is 18.2 Å². The Bertz CT molecular complexity index is 464. The normalized spacial score (nSPS) is 24.0. The first-order chi connectivity index (χ1) is 10.2. The third kappa shape index (κ3) is 3.01. The molecule has 1 aliphatic rings. The number of benzene rings is 1. The highest BCUT2D eigenvalue weighted by Crippen LogP contribution is 2.41. The summed E-state index contributed by atoms with van der Waals surface area (Å²) in [6.07, 6.45) is 3.65. The second-order valence-electron chi connectivity index (χ2n) is 5.77. The Kier molecular flexibility index (Phi) is 5.48. The molecule has 1 saturated heterocycles. The van der Waals surface area contributed by atoms with Gasteiger partial charge in [-0.05, 0) is 32.3 Å². The fraction of sp³-hybridized carbons (Fsp3) is 0.647. The second kappa shape index (κ2) is 7.14. The number of methoxy groups -OCH3 is 2. The van der Waals surface area contributed by atoms with Gasteiger partial charge in [-0.2, -0.15) is 0 Å². The summed E-state index contributed by atoms with van der Waals surface area (Å²) in [5.41, 5.74) is 7.27. The van der Waals surface area contributed by atoms with Crippen molar-refractivity contribution in [2.24, 2.45) is 5.73 Å². The van der Waals surface area contributed by atoms with Crippen LogP contribution >= 0.6 is 0 Å². The molecule has 0 aromatic heterocycles. The van der Waals surface area contributed by atoms with Crippen LogP contribution in [0.5, 0.6) is 11.5 Å². The van der Waals surface area contributed by atoms with Crippen molar-refractivity contribution in [1.82, 2.24) is 4.90 Å². The molecule has 1 aliphatic heterocycles. The number of nitrogens with zero attached hydrogens (tertiary/aromatic N) is 1. The summed E-state index contributed by atoms with van der Waals surface area (Å²) < 4.78 is 11.0. The highest BCUT2D eigenvalue weighted by molar-refractivity contribution is 5.48. The number of ether oxygens (including phenoxy) is 2. The van der Waals surface area contributed by atoms with Crippen molar-refractivity contribution in [1.29, 1.82) is 0 Å². The van der Waals surface area contributed by atoms with Gasteiger partial charge in [0.2, 0.25) is 0 Å². The minimum Gasteiger partial charge on any atom is -0.493 e. The highest BCUT2D eigenvalue weighted by atomic mass is 16.5. The Labute approximate surface area is 128 Å². The average molecular weight is 292 g/mol. The first-order valence-corrected chi connectivity index (χ1v) is 7.86. The molecule has 0 radical (unpaired) electrons. The van der Waals surface area contributed by atoms with Crippen LogP contribution in [-0.4, -0.2) is 37.7 Å². The summed E-state index contributed by atoms with van der Waals surface area (Å²) in [6.45, 7) is 5.14. The molecule has 1 heterocycles. The Morgan fingerprint density at radius 2 is 2.05 bits per heavy atom. The van der Waals surface area contributed by atoms with Crippen molar-refractivity contribution in [3.8, 4) is 11.5 Å². The van der Waals surface area contributed by atoms with Crippen LogP contribution in [0.4, 0.5) is 0 Å². The molecule has 1 aromatic rings. The quantitative estimate of drug-likeness (QED) is 0.875. The van der Waals surface area contributed by atoms with Crippen molar-refractivity contribution >= 4 is 0 Å². The molecule has 0 aliphatic carbocycles. The third-order valence-electron chi connectivity index (χ3n) is 4.70. The van der Waals surface area contributed by atoms with Crippen LogP contribution in [0, 0.1) is 0 Å². The molecule has 2 rings (SSSR count). The van der Waals surface area contributed by atoms with Gasteiger partial charge in [0, 0.05) is 24.2 Å². The Hall–Kier alpha value is -1.26. The van der Waals surface area contributed by atoms with Crippen molar-refractivity contribution in [2.45, 2.75) is 51.2 Å². The molecular weight excluding hydrogens is 264 g/mol. The number of para-hydroxylation sites is 1. The molecule has 21 heavy (non-hydrogen) atoms. The number of hydrogen-bond acceptors (Lipinski definition) is 4. The molecule has 0 amide bonds. The van der Waals surface area contributed by atoms with E-state index in [-0.39, 0.29) is 6.04 Å². The van der Waals surface area contributed by atoms with Gasteiger partial charge in [0.05, 0.1) is 20.3 Å². The van der Waals surface area contributed by atoms with Crippen LogP contribution in [0.25, 0.3) is 0 Å². The predicted molar refractivity (Wildman–Crippen MR) is 86.0 cm³/mol. The number of nitrogens with two attached hydrogens (primary N) is 1. The molecule has 4 heteroatoms. The fourth-order valence-corrected chi connectivity index (χ4v) is 3.65. The molecule has 2 N–H and O–H groups in total. The first kappa shape index (κ1) is 16.1. The molecule has 1 fully saturated rings. The number of rotatable bonds is 6. The average Bonchev–Trinajstić information content (AvgIpc) is 2.89. The van der Waals surface area contributed by atoms with E-state index >= 15 is 0 Å². The minimum absolute atomic E-state index is 0.178. The molecule has 3 unspecified atom stereocenters. The molecule has 0 bridgehead atoms. The van der Waals surface area contributed by atoms with E-state index in [0.717, 1.165) is 23.5 Å². The van der Waals surface area contributed by atoms with Crippen LogP contribution in [0.2, 0.25) is 0 Å². The van der Waals surface area contributed by atoms with Gasteiger partial charge in [-0.15, -0.1) is 0 Å². The topological polar surface area (TPSA) is 47.7 Å². The first-order valence-electron chi connectivity index (χ1n) is 7.86. The largest absolute Gasteiger partial charge is 0.493 e. The molecular formula is C17H28N2O2. The summed E-state index contributed by atoms with van der Waals surface area (Å²) in [5.74, 6) is 1.58. The van der Waals surface area contributed by atoms with Crippen LogP contribution in [0.1, 0.15) is 44.7 Å². The Morgan fingerprint density at radius 3 is 2.62 bits per heavy atom. The van der Waals surface area contributed by atoms with Crippen LogP contribution in [-0.2, 0) is 0 Å². The smallest absolute Gasteiger partial charge is 0.165 e. The van der Waals surface area contributed by atoms with E-state index in [1.807, 2.05) is 12.1 Å². The lowest BCUT2D eigenvalue weighted by atomic mass is 10.0. The molecule has 3 atom stereocenters. The summed E-state index contributed by atoms with van der Waals surface area (Å²) in [6, 6.07) is 7.39. The van der Waals surface area contributed by atoms with Crippen molar-refractivity contribution < 1.29 is 9.47 Å². The Balaban J connectivity index is 2.41. The molecule has 1 aromatic carbocycles. The SMILES string of the molecule is CCC1CCC(C)N1C(CN)c1cccc(OC)c1OC. The minimum atomic E-state index is 0.178. The van der Waals surface area contributed by atoms with Crippen LogP contribution in [0.3, 0.4) is 0 Å². The summed E-state index contributed by atoms with van der Waals surface area (Å²) in [7, 11) is 3.37. The summed E-state index contributed by atoms with van der Waals surface area (Å²) in [5, 5.41) is 0. The van der Waals surface area contributed by atoms with Crippen molar-refractivity contribution in [3.05, 3.63) is 23.8 Å². The zero-order chi connectivity index (χ0) is 15.4. The lowest BCUT2D eigenvalue weighted by molar-refractivity contribution is 0.134. The van der Waals surface area contributed by atoms with E-state index < -0.39 is 0 Å². The predicted octanol–water partition coefficient (Wildman–Crippen LogP) is 2.97. The summed E-state index contributed by atoms with van der Waals surface area (Å²) in [4.78, 5) is 2.57. The van der Waals surface area contributed by atoms with E-state index in [1.54, 1.807) is 14.2 Å². The standard InChI is InChI=1S/C17H28N2O2/c1-5-13-10-9-12(2)19(13)15(11-18)14-7-6-8-16(20-3)17(14)21-4/h6-8,12-13,15H,5,9-11,18H2,1-4H3. The van der Waals surface area contributed by atoms with E-state index in [1.165, 1.54) is 12.8 Å². The maximum Gasteiger partial charge on any atom is 0.165 e. The zero-order valence-corrected chi connectivity index (χ0v) is 13.6.